The molecule has 2 aromatic rings. The Morgan fingerprint density at radius 3 is 2.48 bits per heavy atom. The second-order valence-corrected chi connectivity index (χ2v) is 4.78. The molecule has 0 saturated heterocycles. The van der Waals surface area contributed by atoms with Crippen molar-refractivity contribution in [3.63, 3.8) is 0 Å². The van der Waals surface area contributed by atoms with Gasteiger partial charge in [0.15, 0.2) is 0 Å². The van der Waals surface area contributed by atoms with Crippen LogP contribution in [0.5, 0.6) is 11.5 Å². The summed E-state index contributed by atoms with van der Waals surface area (Å²) in [6.07, 6.45) is 4.32. The van der Waals surface area contributed by atoms with Crippen molar-refractivity contribution in [2.24, 2.45) is 0 Å². The third-order valence-electron chi connectivity index (χ3n) is 3.07. The number of non-ortho nitro benzene ring substituents is 1. The maximum absolute atomic E-state index is 10.4. The number of allylic oxidation sites excluding steroid dienone is 1. The quantitative estimate of drug-likeness (QED) is 0.654. The lowest BCUT2D eigenvalue weighted by Crippen LogP contribution is -1.88. The second kappa shape index (κ2) is 9.25. The van der Waals surface area contributed by atoms with Crippen molar-refractivity contribution in [1.29, 1.82) is 0 Å². The van der Waals surface area contributed by atoms with Crippen LogP contribution in [0.15, 0.2) is 48.5 Å². The molecule has 0 aliphatic heterocycles. The van der Waals surface area contributed by atoms with Crippen LogP contribution >= 0.6 is 0 Å². The fourth-order valence-electron chi connectivity index (χ4n) is 1.82. The van der Waals surface area contributed by atoms with Gasteiger partial charge >= 0.3 is 0 Å². The Balaban J connectivity index is 0.000000253. The van der Waals surface area contributed by atoms with Gasteiger partial charge in [-0.25, -0.2) is 0 Å². The van der Waals surface area contributed by atoms with Gasteiger partial charge in [-0.05, 0) is 31.0 Å². The number of phenolic OH excluding ortho intramolecular Hbond substituents is 1. The molecule has 23 heavy (non-hydrogen) atoms. The summed E-state index contributed by atoms with van der Waals surface area (Å²) in [6, 6.07) is 11.9. The van der Waals surface area contributed by atoms with E-state index < -0.39 is 4.92 Å². The number of methoxy groups -OCH3 is 1. The summed E-state index contributed by atoms with van der Waals surface area (Å²) < 4.78 is 5.04. The number of ether oxygens (including phenoxy) is 1. The van der Waals surface area contributed by atoms with Gasteiger partial charge in [0.05, 0.1) is 12.0 Å². The van der Waals surface area contributed by atoms with Gasteiger partial charge in [0.25, 0.3) is 5.69 Å². The van der Waals surface area contributed by atoms with E-state index >= 15 is 0 Å². The van der Waals surface area contributed by atoms with Crippen LogP contribution in [0.3, 0.4) is 0 Å². The van der Waals surface area contributed by atoms with Gasteiger partial charge in [-0.2, -0.15) is 0 Å². The van der Waals surface area contributed by atoms with Gasteiger partial charge in [-0.1, -0.05) is 37.3 Å². The molecule has 0 unspecified atom stereocenters. The highest BCUT2D eigenvalue weighted by Gasteiger charge is 2.07. The van der Waals surface area contributed by atoms with E-state index in [2.05, 4.69) is 0 Å². The van der Waals surface area contributed by atoms with E-state index in [-0.39, 0.29) is 11.4 Å². The predicted octanol–water partition coefficient (Wildman–Crippen LogP) is 4.73. The maximum Gasteiger partial charge on any atom is 0.270 e. The van der Waals surface area contributed by atoms with Crippen molar-refractivity contribution < 1.29 is 14.8 Å². The van der Waals surface area contributed by atoms with Crippen molar-refractivity contribution in [3.05, 3.63) is 69.8 Å². The Morgan fingerprint density at radius 1 is 1.26 bits per heavy atom. The number of aromatic hydroxyl groups is 1. The Bertz CT molecular complexity index is 680. The van der Waals surface area contributed by atoms with Crippen molar-refractivity contribution in [3.8, 4) is 11.5 Å². The number of aryl methyl sites for hydroxylation is 1. The molecule has 0 bridgehead atoms. The molecule has 5 heteroatoms. The molecule has 0 aliphatic carbocycles. The predicted molar refractivity (Wildman–Crippen MR) is 91.8 cm³/mol. The van der Waals surface area contributed by atoms with E-state index in [9.17, 15) is 15.2 Å². The summed E-state index contributed by atoms with van der Waals surface area (Å²) in [7, 11) is 1.68. The van der Waals surface area contributed by atoms with Gasteiger partial charge in [-0.3, -0.25) is 10.1 Å². The van der Waals surface area contributed by atoms with Crippen molar-refractivity contribution in [1.82, 2.24) is 0 Å². The van der Waals surface area contributed by atoms with Gasteiger partial charge in [0.2, 0.25) is 0 Å². The number of benzene rings is 2. The standard InChI is InChI=1S/C10H11NO3.C8H10O/c1-2-3-4-8-7-9(11(13)14)5-6-10(8)12;1-7-5-3-4-6-8(7)9-2/h3-7,12H,2H2,1H3;3-6H,1-2H3/b4-3-;. The van der Waals surface area contributed by atoms with Gasteiger partial charge in [0, 0.05) is 17.7 Å². The molecule has 0 aromatic heterocycles. The molecule has 0 radical (unpaired) electrons. The lowest BCUT2D eigenvalue weighted by atomic mass is 10.1. The highest BCUT2D eigenvalue weighted by molar-refractivity contribution is 5.60. The molecular weight excluding hydrogens is 294 g/mol. The van der Waals surface area contributed by atoms with Crippen LogP contribution in [0.2, 0.25) is 0 Å². The van der Waals surface area contributed by atoms with Crippen LogP contribution in [0.1, 0.15) is 24.5 Å². The van der Waals surface area contributed by atoms with Gasteiger partial charge in [0.1, 0.15) is 11.5 Å². The number of para-hydroxylation sites is 1. The monoisotopic (exact) mass is 315 g/mol. The first kappa shape index (κ1) is 18.2. The first-order chi connectivity index (χ1) is 11.0. The minimum absolute atomic E-state index is 0.0152. The Morgan fingerprint density at radius 2 is 1.96 bits per heavy atom. The van der Waals surface area contributed by atoms with Crippen molar-refractivity contribution in [2.75, 3.05) is 7.11 Å². The van der Waals surface area contributed by atoms with E-state index in [0.717, 1.165) is 12.2 Å². The third kappa shape index (κ3) is 5.82. The summed E-state index contributed by atoms with van der Waals surface area (Å²) in [5.41, 5.74) is 1.64. The first-order valence-corrected chi connectivity index (χ1v) is 7.23. The lowest BCUT2D eigenvalue weighted by Gasteiger charge is -2.00. The van der Waals surface area contributed by atoms with Crippen LogP contribution < -0.4 is 4.74 Å². The van der Waals surface area contributed by atoms with Crippen molar-refractivity contribution in [2.45, 2.75) is 20.3 Å². The van der Waals surface area contributed by atoms with E-state index in [4.69, 9.17) is 4.74 Å². The number of nitro groups is 1. The first-order valence-electron chi connectivity index (χ1n) is 7.23. The van der Waals surface area contributed by atoms with E-state index in [0.29, 0.717) is 5.56 Å². The Labute approximate surface area is 136 Å². The Hall–Kier alpha value is -2.82. The average molecular weight is 315 g/mol. The van der Waals surface area contributed by atoms with E-state index in [1.165, 1.54) is 23.8 Å². The fraction of sp³-hybridized carbons (Fsp3) is 0.222. The number of phenols is 1. The van der Waals surface area contributed by atoms with Crippen molar-refractivity contribution >= 4 is 11.8 Å². The summed E-state index contributed by atoms with van der Waals surface area (Å²) in [6.45, 7) is 3.98. The molecule has 5 nitrogen and oxygen atoms in total. The Kier molecular flexibility index (Phi) is 7.33. The zero-order valence-electron chi connectivity index (χ0n) is 13.5. The van der Waals surface area contributed by atoms with Crippen LogP contribution in [-0.4, -0.2) is 17.1 Å². The third-order valence-corrected chi connectivity index (χ3v) is 3.07. The highest BCUT2D eigenvalue weighted by atomic mass is 16.6. The number of nitrogens with zero attached hydrogens (tertiary/aromatic N) is 1. The molecule has 2 rings (SSSR count). The van der Waals surface area contributed by atoms with Crippen LogP contribution in [0.4, 0.5) is 5.69 Å². The maximum atomic E-state index is 10.4. The molecular formula is C18H21NO4. The summed E-state index contributed by atoms with van der Waals surface area (Å²) in [5, 5.41) is 19.8. The topological polar surface area (TPSA) is 72.6 Å². The smallest absolute Gasteiger partial charge is 0.270 e. The zero-order chi connectivity index (χ0) is 17.2. The molecule has 0 atom stereocenters. The zero-order valence-corrected chi connectivity index (χ0v) is 13.5. The summed E-state index contributed by atoms with van der Waals surface area (Å²) in [5.74, 6) is 1.01. The summed E-state index contributed by atoms with van der Waals surface area (Å²) in [4.78, 5) is 9.95. The number of rotatable bonds is 4. The minimum Gasteiger partial charge on any atom is -0.507 e. The molecule has 2 aromatic carbocycles. The van der Waals surface area contributed by atoms with E-state index in [1.807, 2.05) is 44.2 Å². The molecule has 1 N–H and O–H groups in total. The molecule has 0 fully saturated rings. The van der Waals surface area contributed by atoms with E-state index in [1.54, 1.807) is 13.2 Å². The number of nitro benzene ring substituents is 1. The summed E-state index contributed by atoms with van der Waals surface area (Å²) >= 11 is 0. The highest BCUT2D eigenvalue weighted by Crippen LogP contribution is 2.24. The molecule has 0 spiro atoms. The molecule has 0 saturated carbocycles. The van der Waals surface area contributed by atoms with Crippen LogP contribution in [-0.2, 0) is 0 Å². The SMILES string of the molecule is CC/C=C\c1cc([N+](=O)[O-])ccc1O.COc1ccccc1C. The number of hydrogen-bond acceptors (Lipinski definition) is 4. The molecule has 122 valence electrons. The lowest BCUT2D eigenvalue weighted by molar-refractivity contribution is -0.384. The minimum atomic E-state index is -0.483. The molecule has 0 amide bonds. The fourth-order valence-corrected chi connectivity index (χ4v) is 1.82. The van der Waals surface area contributed by atoms with Crippen LogP contribution in [0, 0.1) is 17.0 Å². The van der Waals surface area contributed by atoms with Crippen LogP contribution in [0.25, 0.3) is 6.08 Å². The van der Waals surface area contributed by atoms with Gasteiger partial charge < -0.3 is 9.84 Å². The molecule has 0 heterocycles. The normalized spacial score (nSPS) is 10.0. The number of hydrogen-bond donors (Lipinski definition) is 1. The average Bonchev–Trinajstić information content (AvgIpc) is 2.55. The second-order valence-electron chi connectivity index (χ2n) is 4.78. The molecule has 0 aliphatic rings. The largest absolute Gasteiger partial charge is 0.507 e. The van der Waals surface area contributed by atoms with Gasteiger partial charge in [-0.15, -0.1) is 0 Å².